The van der Waals surface area contributed by atoms with E-state index >= 15 is 0 Å². The van der Waals surface area contributed by atoms with E-state index in [9.17, 15) is 0 Å². The Morgan fingerprint density at radius 2 is 1.62 bits per heavy atom. The van der Waals surface area contributed by atoms with E-state index in [1.165, 1.54) is 5.56 Å². The van der Waals surface area contributed by atoms with Gasteiger partial charge in [0.2, 0.25) is 0 Å². The molecule has 112 valence electrons. The molecule has 1 aromatic carbocycles. The van der Waals surface area contributed by atoms with Gasteiger partial charge in [-0.15, -0.1) is 0 Å². The summed E-state index contributed by atoms with van der Waals surface area (Å²) in [5.41, 5.74) is 1.25. The number of aromatic nitrogens is 2. The van der Waals surface area contributed by atoms with Gasteiger partial charge >= 0.3 is 0 Å². The van der Waals surface area contributed by atoms with Crippen LogP contribution < -0.4 is 10.6 Å². The molecular weight excluding hydrogens is 284 g/mol. The minimum Gasteiger partial charge on any atom is -0.370 e. The fraction of sp³-hybridized carbons (Fsp3) is 0.375. The van der Waals surface area contributed by atoms with Crippen LogP contribution in [0.1, 0.15) is 24.7 Å². The minimum absolute atomic E-state index is 0.768. The number of anilines is 2. The Balaban J connectivity index is 1.90. The number of nitrogens with zero attached hydrogens (tertiary/aromatic N) is 2. The molecule has 21 heavy (non-hydrogen) atoms. The van der Waals surface area contributed by atoms with Crippen molar-refractivity contribution >= 4 is 23.2 Å². The van der Waals surface area contributed by atoms with E-state index in [-0.39, 0.29) is 0 Å². The van der Waals surface area contributed by atoms with Crippen LogP contribution in [0.4, 0.5) is 11.6 Å². The second-order valence-corrected chi connectivity index (χ2v) is 5.35. The molecule has 0 saturated carbocycles. The molecule has 4 nitrogen and oxygen atoms in total. The van der Waals surface area contributed by atoms with Gasteiger partial charge in [-0.2, -0.15) is 0 Å². The standard InChI is InChI=1S/C16H21ClN4/c1-3-9-18-15-11-16(21-12(2)20-15)19-10-8-13-4-6-14(17)7-5-13/h4-7,11H,3,8-10H2,1-2H3,(H2,18,19,20,21). The maximum atomic E-state index is 5.88. The highest BCUT2D eigenvalue weighted by Crippen LogP contribution is 2.12. The molecule has 0 unspecified atom stereocenters. The van der Waals surface area contributed by atoms with Gasteiger partial charge in [-0.05, 0) is 37.5 Å². The van der Waals surface area contributed by atoms with Crippen molar-refractivity contribution in [2.75, 3.05) is 23.7 Å². The number of benzene rings is 1. The van der Waals surface area contributed by atoms with Gasteiger partial charge in [0.15, 0.2) is 0 Å². The van der Waals surface area contributed by atoms with E-state index in [1.54, 1.807) is 0 Å². The smallest absolute Gasteiger partial charge is 0.131 e. The number of halogens is 1. The van der Waals surface area contributed by atoms with E-state index in [2.05, 4.69) is 27.5 Å². The minimum atomic E-state index is 0.768. The molecule has 0 atom stereocenters. The van der Waals surface area contributed by atoms with Gasteiger partial charge < -0.3 is 10.6 Å². The third kappa shape index (κ3) is 5.23. The quantitative estimate of drug-likeness (QED) is 0.814. The average molecular weight is 305 g/mol. The van der Waals surface area contributed by atoms with E-state index in [1.807, 2.05) is 37.3 Å². The molecule has 0 saturated heterocycles. The van der Waals surface area contributed by atoms with Crippen LogP contribution in [0.3, 0.4) is 0 Å². The summed E-state index contributed by atoms with van der Waals surface area (Å²) in [5.74, 6) is 2.50. The number of aryl methyl sites for hydroxylation is 1. The highest BCUT2D eigenvalue weighted by molar-refractivity contribution is 6.30. The lowest BCUT2D eigenvalue weighted by Gasteiger charge is -2.09. The Bertz CT molecular complexity index is 569. The summed E-state index contributed by atoms with van der Waals surface area (Å²) in [6.07, 6.45) is 2.00. The normalized spacial score (nSPS) is 10.4. The van der Waals surface area contributed by atoms with Crippen LogP contribution in [0.5, 0.6) is 0 Å². The number of hydrogen-bond acceptors (Lipinski definition) is 4. The second kappa shape index (κ2) is 7.84. The van der Waals surface area contributed by atoms with Gasteiger partial charge in [-0.3, -0.25) is 0 Å². The SMILES string of the molecule is CCCNc1cc(NCCc2ccc(Cl)cc2)nc(C)n1. The molecule has 0 aliphatic carbocycles. The lowest BCUT2D eigenvalue weighted by molar-refractivity contribution is 0.946. The summed E-state index contributed by atoms with van der Waals surface area (Å²) < 4.78 is 0. The lowest BCUT2D eigenvalue weighted by Crippen LogP contribution is -2.09. The van der Waals surface area contributed by atoms with E-state index in [0.717, 1.165) is 48.4 Å². The molecule has 0 fully saturated rings. The number of rotatable bonds is 7. The Morgan fingerprint density at radius 3 is 2.24 bits per heavy atom. The highest BCUT2D eigenvalue weighted by atomic mass is 35.5. The van der Waals surface area contributed by atoms with Gasteiger partial charge in [0.1, 0.15) is 17.5 Å². The molecule has 1 aromatic heterocycles. The van der Waals surface area contributed by atoms with Crippen molar-refractivity contribution in [1.29, 1.82) is 0 Å². The third-order valence-electron chi connectivity index (χ3n) is 3.03. The topological polar surface area (TPSA) is 49.8 Å². The van der Waals surface area contributed by atoms with Gasteiger partial charge in [0.25, 0.3) is 0 Å². The fourth-order valence-electron chi connectivity index (χ4n) is 1.99. The van der Waals surface area contributed by atoms with Gasteiger partial charge in [-0.1, -0.05) is 30.7 Å². The molecule has 2 rings (SSSR count). The van der Waals surface area contributed by atoms with Crippen LogP contribution in [-0.2, 0) is 6.42 Å². The molecule has 0 aliphatic rings. The number of nitrogens with one attached hydrogen (secondary N) is 2. The van der Waals surface area contributed by atoms with Crippen molar-refractivity contribution < 1.29 is 0 Å². The van der Waals surface area contributed by atoms with Crippen molar-refractivity contribution in [1.82, 2.24) is 9.97 Å². The molecule has 0 radical (unpaired) electrons. The first-order valence-electron chi connectivity index (χ1n) is 7.25. The predicted octanol–water partition coefficient (Wildman–Crippen LogP) is 3.91. The van der Waals surface area contributed by atoms with Crippen LogP contribution in [0.25, 0.3) is 0 Å². The Kier molecular flexibility index (Phi) is 5.81. The molecule has 0 amide bonds. The van der Waals surface area contributed by atoms with Crippen molar-refractivity contribution in [3.05, 3.63) is 46.7 Å². The predicted molar refractivity (Wildman–Crippen MR) is 89.2 cm³/mol. The number of hydrogen-bond donors (Lipinski definition) is 2. The van der Waals surface area contributed by atoms with Crippen molar-refractivity contribution in [3.8, 4) is 0 Å². The van der Waals surface area contributed by atoms with E-state index in [0.29, 0.717) is 0 Å². The largest absolute Gasteiger partial charge is 0.370 e. The monoisotopic (exact) mass is 304 g/mol. The van der Waals surface area contributed by atoms with Crippen molar-refractivity contribution in [3.63, 3.8) is 0 Å². The Morgan fingerprint density at radius 1 is 1.00 bits per heavy atom. The first-order valence-corrected chi connectivity index (χ1v) is 7.63. The first kappa shape index (κ1) is 15.6. The zero-order valence-corrected chi connectivity index (χ0v) is 13.2. The van der Waals surface area contributed by atoms with Crippen molar-refractivity contribution in [2.45, 2.75) is 26.7 Å². The van der Waals surface area contributed by atoms with Crippen LogP contribution in [0.15, 0.2) is 30.3 Å². The fourth-order valence-corrected chi connectivity index (χ4v) is 2.11. The molecule has 2 N–H and O–H groups in total. The summed E-state index contributed by atoms with van der Waals surface area (Å²) in [7, 11) is 0. The Hall–Kier alpha value is -1.81. The van der Waals surface area contributed by atoms with E-state index in [4.69, 9.17) is 11.6 Å². The van der Waals surface area contributed by atoms with Crippen LogP contribution in [0.2, 0.25) is 5.02 Å². The molecule has 5 heteroatoms. The van der Waals surface area contributed by atoms with Gasteiger partial charge in [0.05, 0.1) is 0 Å². The molecule has 0 spiro atoms. The van der Waals surface area contributed by atoms with Crippen molar-refractivity contribution in [2.24, 2.45) is 0 Å². The second-order valence-electron chi connectivity index (χ2n) is 4.92. The first-order chi connectivity index (χ1) is 10.2. The summed E-state index contributed by atoms with van der Waals surface area (Å²) in [6, 6.07) is 9.87. The molecule has 0 bridgehead atoms. The summed E-state index contributed by atoms with van der Waals surface area (Å²) in [6.45, 7) is 5.78. The zero-order valence-electron chi connectivity index (χ0n) is 12.5. The summed E-state index contributed by atoms with van der Waals surface area (Å²) >= 11 is 5.88. The highest BCUT2D eigenvalue weighted by Gasteiger charge is 2.01. The van der Waals surface area contributed by atoms with Crippen LogP contribution in [-0.4, -0.2) is 23.1 Å². The molecular formula is C16H21ClN4. The summed E-state index contributed by atoms with van der Waals surface area (Å²) in [4.78, 5) is 8.77. The molecule has 0 aliphatic heterocycles. The Labute approximate surface area is 131 Å². The van der Waals surface area contributed by atoms with Crippen LogP contribution in [0, 0.1) is 6.92 Å². The van der Waals surface area contributed by atoms with Gasteiger partial charge in [-0.25, -0.2) is 9.97 Å². The third-order valence-corrected chi connectivity index (χ3v) is 3.28. The average Bonchev–Trinajstić information content (AvgIpc) is 2.47. The lowest BCUT2D eigenvalue weighted by atomic mass is 10.1. The van der Waals surface area contributed by atoms with E-state index < -0.39 is 0 Å². The molecule has 2 aromatic rings. The molecule has 1 heterocycles. The van der Waals surface area contributed by atoms with Gasteiger partial charge in [0, 0.05) is 24.2 Å². The zero-order chi connectivity index (χ0) is 15.1. The maximum absolute atomic E-state index is 5.88. The van der Waals surface area contributed by atoms with Crippen LogP contribution >= 0.6 is 11.6 Å². The maximum Gasteiger partial charge on any atom is 0.131 e. The summed E-state index contributed by atoms with van der Waals surface area (Å²) in [5, 5.41) is 7.39.